The number of likely N-dealkylation sites (tertiary alicyclic amines) is 1. The van der Waals surface area contributed by atoms with E-state index < -0.39 is 16.6 Å². The molecule has 1 saturated heterocycles. The van der Waals surface area contributed by atoms with Gasteiger partial charge < -0.3 is 4.90 Å². The molecule has 1 aromatic rings. The number of carbonyl (C=O) groups excluding carboxylic acids is 1. The van der Waals surface area contributed by atoms with Crippen LogP contribution in [0.4, 0.5) is 0 Å². The summed E-state index contributed by atoms with van der Waals surface area (Å²) in [5.41, 5.74) is -0.248. The summed E-state index contributed by atoms with van der Waals surface area (Å²) in [6, 6.07) is 7.79. The lowest BCUT2D eigenvalue weighted by Gasteiger charge is -2.81. The number of nitriles is 1. The number of carbonyl (C=O) groups is 1. The minimum absolute atomic E-state index is 0.0171. The van der Waals surface area contributed by atoms with Gasteiger partial charge in [0.15, 0.2) is 6.19 Å². The number of likely N-dealkylation sites (N-methyl/N-ethyl adjacent to an activating group) is 1. The zero-order valence-corrected chi connectivity index (χ0v) is 20.1. The normalized spacial score (nSPS) is 32.7. The second-order valence-electron chi connectivity index (χ2n) is 11.4. The van der Waals surface area contributed by atoms with Crippen molar-refractivity contribution < 1.29 is 4.79 Å². The van der Waals surface area contributed by atoms with E-state index in [4.69, 9.17) is 0 Å². The monoisotopic (exact) mass is 395 g/mol. The third-order valence-electron chi connectivity index (χ3n) is 9.87. The van der Waals surface area contributed by atoms with Crippen LogP contribution in [0.5, 0.6) is 0 Å². The van der Waals surface area contributed by atoms with Crippen LogP contribution in [0.25, 0.3) is 0 Å². The van der Waals surface area contributed by atoms with Gasteiger partial charge in [-0.2, -0.15) is 5.26 Å². The second kappa shape index (κ2) is 5.56. The van der Waals surface area contributed by atoms with Gasteiger partial charge in [0.2, 0.25) is 0 Å². The van der Waals surface area contributed by atoms with Gasteiger partial charge in [-0.05, 0) is 57.6 Å². The zero-order chi connectivity index (χ0) is 22.4. The number of aryl methyl sites for hydroxylation is 1. The molecule has 4 heteroatoms. The van der Waals surface area contributed by atoms with Crippen molar-refractivity contribution in [1.82, 2.24) is 9.80 Å². The van der Waals surface area contributed by atoms with Crippen molar-refractivity contribution in [3.8, 4) is 6.19 Å². The standard InChI is InChI=1S/C25H37N3O/c1-17-12-14-18(15-13-17)19(29)27(11)25-21(4,5)20(2,3)24(25,10)22(6,7)28(16-26)23(25,8)9/h12-15H,1-11H3/t24-,25-/m0/s1. The van der Waals surface area contributed by atoms with Crippen molar-refractivity contribution in [1.29, 1.82) is 5.26 Å². The summed E-state index contributed by atoms with van der Waals surface area (Å²) < 4.78 is 0. The van der Waals surface area contributed by atoms with Gasteiger partial charge in [0.25, 0.3) is 5.91 Å². The summed E-state index contributed by atoms with van der Waals surface area (Å²) in [4.78, 5) is 17.7. The predicted molar refractivity (Wildman–Crippen MR) is 117 cm³/mol. The Bertz CT molecular complexity index is 903. The third-order valence-corrected chi connectivity index (χ3v) is 9.87. The van der Waals surface area contributed by atoms with E-state index in [1.165, 1.54) is 0 Å². The quantitative estimate of drug-likeness (QED) is 0.644. The summed E-state index contributed by atoms with van der Waals surface area (Å²) >= 11 is 0. The van der Waals surface area contributed by atoms with Gasteiger partial charge in [0.1, 0.15) is 0 Å². The first kappa shape index (κ1) is 21.7. The SMILES string of the molecule is Cc1ccc(C(=O)N(C)[C@@]23C(C)(C)N(C#N)C(C)(C)[C@]2(C)C(C)(C)C3(C)C)cc1. The Morgan fingerprint density at radius 1 is 0.897 bits per heavy atom. The molecule has 0 bridgehead atoms. The fourth-order valence-electron chi connectivity index (χ4n) is 8.22. The third kappa shape index (κ3) is 1.85. The second-order valence-corrected chi connectivity index (χ2v) is 11.4. The molecule has 1 aliphatic heterocycles. The highest BCUT2D eigenvalue weighted by atomic mass is 16.2. The summed E-state index contributed by atoms with van der Waals surface area (Å²) in [7, 11) is 1.94. The molecule has 1 aliphatic carbocycles. The van der Waals surface area contributed by atoms with Crippen molar-refractivity contribution in [2.45, 2.75) is 85.9 Å². The molecule has 0 aromatic heterocycles. The first-order valence-corrected chi connectivity index (χ1v) is 10.6. The molecule has 1 aromatic carbocycles. The minimum atomic E-state index is -0.534. The maximum absolute atomic E-state index is 13.8. The van der Waals surface area contributed by atoms with Crippen LogP contribution in [0, 0.1) is 34.6 Å². The molecule has 2 atom stereocenters. The first-order valence-electron chi connectivity index (χ1n) is 10.6. The molecule has 1 saturated carbocycles. The molecule has 3 rings (SSSR count). The lowest BCUT2D eigenvalue weighted by atomic mass is 9.25. The van der Waals surface area contributed by atoms with Gasteiger partial charge in [-0.1, -0.05) is 52.3 Å². The van der Waals surface area contributed by atoms with E-state index in [1.54, 1.807) is 0 Å². The molecule has 2 fully saturated rings. The number of hydrogen-bond acceptors (Lipinski definition) is 3. The lowest BCUT2D eigenvalue weighted by molar-refractivity contribution is -0.309. The zero-order valence-electron chi connectivity index (χ0n) is 20.1. The molecule has 1 amide bonds. The Kier molecular flexibility index (Phi) is 4.16. The van der Waals surface area contributed by atoms with Crippen LogP contribution in [0.2, 0.25) is 0 Å². The van der Waals surface area contributed by atoms with E-state index in [0.29, 0.717) is 5.56 Å². The van der Waals surface area contributed by atoms with Crippen LogP contribution >= 0.6 is 0 Å². The highest BCUT2D eigenvalue weighted by molar-refractivity contribution is 5.95. The van der Waals surface area contributed by atoms with E-state index in [1.807, 2.05) is 48.0 Å². The van der Waals surface area contributed by atoms with Gasteiger partial charge in [-0.15, -0.1) is 0 Å². The maximum Gasteiger partial charge on any atom is 0.254 e. The number of rotatable bonds is 2. The van der Waals surface area contributed by atoms with E-state index in [0.717, 1.165) is 5.56 Å². The topological polar surface area (TPSA) is 47.3 Å². The molecule has 1 heterocycles. The Labute approximate surface area is 176 Å². The molecule has 4 nitrogen and oxygen atoms in total. The number of benzene rings is 1. The predicted octanol–water partition coefficient (Wildman–Crippen LogP) is 5.23. The van der Waals surface area contributed by atoms with Crippen molar-refractivity contribution in [3.05, 3.63) is 35.4 Å². The summed E-state index contributed by atoms with van der Waals surface area (Å²) in [5.74, 6) is 0.0171. The Balaban J connectivity index is 2.31. The smallest absolute Gasteiger partial charge is 0.254 e. The fraction of sp³-hybridized carbons (Fsp3) is 0.680. The highest BCUT2D eigenvalue weighted by Gasteiger charge is 2.92. The van der Waals surface area contributed by atoms with E-state index in [-0.39, 0.29) is 22.2 Å². The Hall–Kier alpha value is -2.02. The minimum Gasteiger partial charge on any atom is -0.332 e. The number of fused-ring (bicyclic) bond motifs is 1. The van der Waals surface area contributed by atoms with Crippen LogP contribution in [0.3, 0.4) is 0 Å². The number of amides is 1. The molecular weight excluding hydrogens is 358 g/mol. The molecule has 0 unspecified atom stereocenters. The van der Waals surface area contributed by atoms with Crippen LogP contribution in [-0.4, -0.2) is 39.4 Å². The van der Waals surface area contributed by atoms with Gasteiger partial charge >= 0.3 is 0 Å². The maximum atomic E-state index is 13.8. The number of hydrogen-bond donors (Lipinski definition) is 0. The van der Waals surface area contributed by atoms with Crippen molar-refractivity contribution >= 4 is 5.91 Å². The molecule has 0 spiro atoms. The van der Waals surface area contributed by atoms with Crippen LogP contribution in [0.1, 0.15) is 78.2 Å². The summed E-state index contributed by atoms with van der Waals surface area (Å²) in [5, 5.41) is 10.2. The molecule has 0 N–H and O–H groups in total. The molecule has 2 aliphatic rings. The van der Waals surface area contributed by atoms with Crippen LogP contribution in [0.15, 0.2) is 24.3 Å². The average molecular weight is 396 g/mol. The average Bonchev–Trinajstić information content (AvgIpc) is 2.71. The van der Waals surface area contributed by atoms with Gasteiger partial charge in [0.05, 0.1) is 16.6 Å². The van der Waals surface area contributed by atoms with E-state index in [2.05, 4.69) is 68.5 Å². The summed E-state index contributed by atoms with van der Waals surface area (Å²) in [6.07, 6.45) is 2.51. The van der Waals surface area contributed by atoms with Crippen molar-refractivity contribution in [2.75, 3.05) is 7.05 Å². The number of nitrogens with zero attached hydrogens (tertiary/aromatic N) is 3. The van der Waals surface area contributed by atoms with Gasteiger partial charge in [-0.3, -0.25) is 9.69 Å². The Morgan fingerprint density at radius 2 is 1.38 bits per heavy atom. The first-order chi connectivity index (χ1) is 13.0. The van der Waals surface area contributed by atoms with E-state index in [9.17, 15) is 10.1 Å². The largest absolute Gasteiger partial charge is 0.332 e. The van der Waals surface area contributed by atoms with Gasteiger partial charge in [0, 0.05) is 18.0 Å². The van der Waals surface area contributed by atoms with Crippen LogP contribution < -0.4 is 0 Å². The van der Waals surface area contributed by atoms with Crippen LogP contribution in [-0.2, 0) is 0 Å². The lowest BCUT2D eigenvalue weighted by Crippen LogP contribution is -2.89. The molecule has 29 heavy (non-hydrogen) atoms. The molecule has 0 radical (unpaired) electrons. The summed E-state index contributed by atoms with van der Waals surface area (Å²) in [6.45, 7) is 22.1. The Morgan fingerprint density at radius 3 is 1.83 bits per heavy atom. The van der Waals surface area contributed by atoms with Crippen molar-refractivity contribution in [2.24, 2.45) is 16.2 Å². The van der Waals surface area contributed by atoms with E-state index >= 15 is 0 Å². The van der Waals surface area contributed by atoms with Crippen molar-refractivity contribution in [3.63, 3.8) is 0 Å². The van der Waals surface area contributed by atoms with Gasteiger partial charge in [-0.25, -0.2) is 0 Å². The molecule has 158 valence electrons. The fourth-order valence-corrected chi connectivity index (χ4v) is 8.22. The molecular formula is C25H37N3O. The highest BCUT2D eigenvalue weighted by Crippen LogP contribution is 2.85.